The van der Waals surface area contributed by atoms with Crippen molar-refractivity contribution >= 4 is 37.6 Å². The molecule has 18 heavy (non-hydrogen) atoms. The highest BCUT2D eigenvalue weighted by Gasteiger charge is 2.16. The highest BCUT2D eigenvalue weighted by molar-refractivity contribution is 9.10. The molecule has 0 fully saturated rings. The lowest BCUT2D eigenvalue weighted by molar-refractivity contribution is 0.563. The van der Waals surface area contributed by atoms with Crippen molar-refractivity contribution in [3.8, 4) is 0 Å². The summed E-state index contributed by atoms with van der Waals surface area (Å²) in [5.41, 5.74) is 0.929. The molecule has 0 aliphatic rings. The molecule has 0 aliphatic carbocycles. The van der Waals surface area contributed by atoms with Crippen molar-refractivity contribution < 1.29 is 8.42 Å². The molecule has 0 unspecified atom stereocenters. The fourth-order valence-electron chi connectivity index (χ4n) is 1.60. The summed E-state index contributed by atoms with van der Waals surface area (Å²) in [6.07, 6.45) is 1.30. The van der Waals surface area contributed by atoms with E-state index in [1.165, 1.54) is 0 Å². The van der Waals surface area contributed by atoms with Gasteiger partial charge >= 0.3 is 0 Å². The molecule has 0 radical (unpaired) electrons. The first-order valence-electron chi connectivity index (χ1n) is 5.76. The van der Waals surface area contributed by atoms with Gasteiger partial charge in [0.2, 0.25) is 10.0 Å². The molecule has 0 bridgehead atoms. The van der Waals surface area contributed by atoms with Crippen LogP contribution >= 0.6 is 27.5 Å². The first kappa shape index (κ1) is 16.0. The summed E-state index contributed by atoms with van der Waals surface area (Å²) in [4.78, 5) is 0. The summed E-state index contributed by atoms with van der Waals surface area (Å²) in [5.74, 6) is 0.615. The van der Waals surface area contributed by atoms with Crippen LogP contribution in [0.25, 0.3) is 0 Å². The number of rotatable bonds is 7. The van der Waals surface area contributed by atoms with Gasteiger partial charge in [-0.05, 0) is 31.4 Å². The van der Waals surface area contributed by atoms with E-state index in [0.29, 0.717) is 18.7 Å². The van der Waals surface area contributed by atoms with E-state index in [-0.39, 0.29) is 11.8 Å². The second-order valence-corrected chi connectivity index (χ2v) is 7.18. The maximum atomic E-state index is 11.8. The molecular weight excluding hydrogens is 338 g/mol. The van der Waals surface area contributed by atoms with Crippen molar-refractivity contribution in [2.24, 2.45) is 0 Å². The van der Waals surface area contributed by atoms with E-state index < -0.39 is 10.0 Å². The van der Waals surface area contributed by atoms with E-state index in [4.69, 9.17) is 11.6 Å². The van der Waals surface area contributed by atoms with Crippen molar-refractivity contribution in [3.05, 3.63) is 34.3 Å². The topological polar surface area (TPSA) is 46.2 Å². The Kier molecular flexibility index (Phi) is 6.63. The van der Waals surface area contributed by atoms with Gasteiger partial charge in [-0.15, -0.1) is 11.6 Å². The van der Waals surface area contributed by atoms with Gasteiger partial charge in [-0.2, -0.15) is 0 Å². The van der Waals surface area contributed by atoms with Crippen LogP contribution in [0.1, 0.15) is 31.4 Å². The molecule has 6 heteroatoms. The summed E-state index contributed by atoms with van der Waals surface area (Å²) in [6, 6.07) is 7.33. The Morgan fingerprint density at radius 1 is 1.33 bits per heavy atom. The Bertz CT molecular complexity index is 479. The van der Waals surface area contributed by atoms with E-state index in [1.54, 1.807) is 0 Å². The van der Waals surface area contributed by atoms with Crippen LogP contribution < -0.4 is 4.72 Å². The Hall–Kier alpha value is -0.100. The largest absolute Gasteiger partial charge is 0.212 e. The fourth-order valence-corrected chi connectivity index (χ4v) is 3.79. The summed E-state index contributed by atoms with van der Waals surface area (Å²) >= 11 is 8.95. The van der Waals surface area contributed by atoms with Crippen LogP contribution in [0.15, 0.2) is 28.7 Å². The standard InChI is InChI=1S/C12H17BrClNO2S/c1-10(11-6-2-3-7-12(11)13)15-18(16,17)9-5-4-8-14/h2-3,6-7,10,15H,4-5,8-9H2,1H3/t10-/m0/s1. The van der Waals surface area contributed by atoms with Crippen molar-refractivity contribution in [1.82, 2.24) is 4.72 Å². The predicted octanol–water partition coefficient (Wildman–Crippen LogP) is 3.45. The van der Waals surface area contributed by atoms with Crippen LogP contribution in [-0.4, -0.2) is 20.1 Å². The van der Waals surface area contributed by atoms with Gasteiger partial charge in [0.05, 0.1) is 5.75 Å². The molecule has 0 spiro atoms. The Labute approximate surface area is 122 Å². The van der Waals surface area contributed by atoms with Gasteiger partial charge in [0.25, 0.3) is 0 Å². The van der Waals surface area contributed by atoms with Crippen molar-refractivity contribution in [1.29, 1.82) is 0 Å². The van der Waals surface area contributed by atoms with E-state index in [0.717, 1.165) is 10.0 Å². The van der Waals surface area contributed by atoms with Gasteiger partial charge in [0, 0.05) is 16.4 Å². The van der Waals surface area contributed by atoms with Crippen LogP contribution in [0.3, 0.4) is 0 Å². The average molecular weight is 355 g/mol. The molecule has 3 nitrogen and oxygen atoms in total. The molecule has 1 rings (SSSR count). The second-order valence-electron chi connectivity index (χ2n) is 4.08. The third-order valence-corrected chi connectivity index (χ3v) is 5.05. The smallest absolute Gasteiger partial charge is 0.212 e. The number of halogens is 2. The summed E-state index contributed by atoms with van der Waals surface area (Å²) in [7, 11) is -3.25. The highest BCUT2D eigenvalue weighted by Crippen LogP contribution is 2.23. The summed E-state index contributed by atoms with van der Waals surface area (Å²) in [6.45, 7) is 1.83. The number of alkyl halides is 1. The molecule has 1 atom stereocenters. The zero-order chi connectivity index (χ0) is 13.6. The first-order chi connectivity index (χ1) is 8.46. The number of hydrogen-bond donors (Lipinski definition) is 1. The first-order valence-corrected chi connectivity index (χ1v) is 8.74. The van der Waals surface area contributed by atoms with Crippen LogP contribution in [0, 0.1) is 0 Å². The van der Waals surface area contributed by atoms with E-state index >= 15 is 0 Å². The Morgan fingerprint density at radius 3 is 2.61 bits per heavy atom. The monoisotopic (exact) mass is 353 g/mol. The third kappa shape index (κ3) is 5.26. The van der Waals surface area contributed by atoms with Crippen LogP contribution in [0.4, 0.5) is 0 Å². The number of unbranched alkanes of at least 4 members (excludes halogenated alkanes) is 1. The SMILES string of the molecule is C[C@H](NS(=O)(=O)CCCCCl)c1ccccc1Br. The molecule has 1 N–H and O–H groups in total. The minimum absolute atomic E-state index is 0.120. The molecular formula is C12H17BrClNO2S. The number of nitrogens with one attached hydrogen (secondary N) is 1. The van der Waals surface area contributed by atoms with E-state index in [2.05, 4.69) is 20.7 Å². The molecule has 0 aliphatic heterocycles. The van der Waals surface area contributed by atoms with Gasteiger partial charge in [-0.3, -0.25) is 0 Å². The van der Waals surface area contributed by atoms with E-state index in [9.17, 15) is 8.42 Å². The summed E-state index contributed by atoms with van der Waals surface area (Å²) < 4.78 is 27.2. The average Bonchev–Trinajstić information content (AvgIpc) is 2.29. The maximum absolute atomic E-state index is 11.8. The molecule has 0 heterocycles. The normalized spacial score (nSPS) is 13.5. The number of sulfonamides is 1. The molecule has 1 aromatic carbocycles. The van der Waals surface area contributed by atoms with Gasteiger partial charge in [-0.25, -0.2) is 13.1 Å². The van der Waals surface area contributed by atoms with Gasteiger partial charge < -0.3 is 0 Å². The van der Waals surface area contributed by atoms with Gasteiger partial charge in [0.15, 0.2) is 0 Å². The molecule has 0 amide bonds. The highest BCUT2D eigenvalue weighted by atomic mass is 79.9. The van der Waals surface area contributed by atoms with Crippen molar-refractivity contribution in [2.45, 2.75) is 25.8 Å². The quantitative estimate of drug-likeness (QED) is 0.602. The molecule has 1 aromatic rings. The number of benzene rings is 1. The van der Waals surface area contributed by atoms with Crippen LogP contribution in [0.5, 0.6) is 0 Å². The minimum atomic E-state index is -3.25. The van der Waals surface area contributed by atoms with Gasteiger partial charge in [0.1, 0.15) is 0 Å². The predicted molar refractivity (Wildman–Crippen MR) is 79.4 cm³/mol. The Balaban J connectivity index is 2.64. The zero-order valence-electron chi connectivity index (χ0n) is 10.2. The summed E-state index contributed by atoms with van der Waals surface area (Å²) in [5, 5.41) is 0. The lowest BCUT2D eigenvalue weighted by Crippen LogP contribution is -2.29. The zero-order valence-corrected chi connectivity index (χ0v) is 13.4. The number of hydrogen-bond acceptors (Lipinski definition) is 2. The van der Waals surface area contributed by atoms with Crippen molar-refractivity contribution in [2.75, 3.05) is 11.6 Å². The maximum Gasteiger partial charge on any atom is 0.212 e. The second kappa shape index (κ2) is 7.48. The lowest BCUT2D eigenvalue weighted by atomic mass is 10.1. The van der Waals surface area contributed by atoms with Gasteiger partial charge in [-0.1, -0.05) is 34.1 Å². The molecule has 102 valence electrons. The van der Waals surface area contributed by atoms with Crippen LogP contribution in [-0.2, 0) is 10.0 Å². The van der Waals surface area contributed by atoms with Crippen LogP contribution in [0.2, 0.25) is 0 Å². The third-order valence-electron chi connectivity index (χ3n) is 2.52. The van der Waals surface area contributed by atoms with Crippen molar-refractivity contribution in [3.63, 3.8) is 0 Å². The molecule has 0 aromatic heterocycles. The lowest BCUT2D eigenvalue weighted by Gasteiger charge is -2.15. The molecule has 0 saturated heterocycles. The fraction of sp³-hybridized carbons (Fsp3) is 0.500. The minimum Gasteiger partial charge on any atom is -0.212 e. The van der Waals surface area contributed by atoms with E-state index in [1.807, 2.05) is 31.2 Å². The Morgan fingerprint density at radius 2 is 2.00 bits per heavy atom. The molecule has 0 saturated carbocycles.